The van der Waals surface area contributed by atoms with Crippen molar-refractivity contribution in [3.05, 3.63) is 89.9 Å². The first kappa shape index (κ1) is 21.1. The third-order valence-electron chi connectivity index (χ3n) is 5.99. The van der Waals surface area contributed by atoms with Crippen molar-refractivity contribution in [2.45, 2.75) is 12.6 Å². The lowest BCUT2D eigenvalue weighted by Crippen LogP contribution is -2.48. The highest BCUT2D eigenvalue weighted by molar-refractivity contribution is 5.49. The highest BCUT2D eigenvalue weighted by Gasteiger charge is 2.31. The number of ether oxygens (including phenoxy) is 1. The summed E-state index contributed by atoms with van der Waals surface area (Å²) >= 11 is 0. The molecule has 1 unspecified atom stereocenters. The van der Waals surface area contributed by atoms with Crippen LogP contribution in [0.15, 0.2) is 71.3 Å². The van der Waals surface area contributed by atoms with Gasteiger partial charge in [0.25, 0.3) is 0 Å². The van der Waals surface area contributed by atoms with Crippen LogP contribution < -0.4 is 9.64 Å². The van der Waals surface area contributed by atoms with Gasteiger partial charge in [0.1, 0.15) is 23.9 Å². The molecule has 3 heterocycles. The first-order chi connectivity index (χ1) is 16.2. The summed E-state index contributed by atoms with van der Waals surface area (Å²) in [6.45, 7) is 3.75. The van der Waals surface area contributed by atoms with E-state index in [0.717, 1.165) is 48.9 Å². The predicted molar refractivity (Wildman–Crippen MR) is 121 cm³/mol. The summed E-state index contributed by atoms with van der Waals surface area (Å²) in [7, 11) is 1.67. The number of benzene rings is 2. The number of hydrogen-bond acceptors (Lipinski definition) is 7. The van der Waals surface area contributed by atoms with Crippen molar-refractivity contribution in [1.29, 1.82) is 0 Å². The molecule has 2 aromatic carbocycles. The van der Waals surface area contributed by atoms with E-state index in [4.69, 9.17) is 9.15 Å². The predicted octanol–water partition coefficient (Wildman–Crippen LogP) is 3.37. The molecule has 0 radical (unpaired) electrons. The SMILES string of the molecule is COc1ccc(N2CCN(C(c3ccc(F)cc3)c3nnnn3Cc3ccco3)CC2)cc1. The Morgan fingerprint density at radius 1 is 1.00 bits per heavy atom. The van der Waals surface area contributed by atoms with Crippen molar-refractivity contribution in [2.24, 2.45) is 0 Å². The van der Waals surface area contributed by atoms with Crippen LogP contribution in [0.4, 0.5) is 10.1 Å². The molecule has 4 aromatic rings. The molecule has 1 atom stereocenters. The molecule has 0 saturated carbocycles. The van der Waals surface area contributed by atoms with Crippen LogP contribution >= 0.6 is 0 Å². The zero-order chi connectivity index (χ0) is 22.6. The molecule has 0 N–H and O–H groups in total. The molecule has 1 aliphatic rings. The van der Waals surface area contributed by atoms with Gasteiger partial charge >= 0.3 is 0 Å². The number of nitrogens with zero attached hydrogens (tertiary/aromatic N) is 6. The number of furan rings is 1. The van der Waals surface area contributed by atoms with E-state index in [-0.39, 0.29) is 11.9 Å². The summed E-state index contributed by atoms with van der Waals surface area (Å²) in [5.41, 5.74) is 2.11. The van der Waals surface area contributed by atoms with Gasteiger partial charge in [0.05, 0.1) is 19.4 Å². The summed E-state index contributed by atoms with van der Waals surface area (Å²) in [6, 6.07) is 18.2. The van der Waals surface area contributed by atoms with Gasteiger partial charge in [-0.2, -0.15) is 0 Å². The Bertz CT molecular complexity index is 1150. The Balaban J connectivity index is 1.39. The Labute approximate surface area is 191 Å². The summed E-state index contributed by atoms with van der Waals surface area (Å²) < 4.78 is 26.2. The van der Waals surface area contributed by atoms with Gasteiger partial charge in [-0.05, 0) is 64.5 Å². The number of methoxy groups -OCH3 is 1. The van der Waals surface area contributed by atoms with E-state index in [1.165, 1.54) is 12.1 Å². The van der Waals surface area contributed by atoms with E-state index in [9.17, 15) is 4.39 Å². The first-order valence-electron chi connectivity index (χ1n) is 10.9. The first-order valence-corrected chi connectivity index (χ1v) is 10.9. The second-order valence-electron chi connectivity index (χ2n) is 7.95. The molecule has 0 spiro atoms. The fourth-order valence-corrected chi connectivity index (χ4v) is 4.27. The van der Waals surface area contributed by atoms with Gasteiger partial charge in [-0.15, -0.1) is 5.10 Å². The van der Waals surface area contributed by atoms with Crippen LogP contribution in [0.2, 0.25) is 0 Å². The van der Waals surface area contributed by atoms with Gasteiger partial charge in [-0.1, -0.05) is 12.1 Å². The summed E-state index contributed by atoms with van der Waals surface area (Å²) in [6.07, 6.45) is 1.63. The lowest BCUT2D eigenvalue weighted by Gasteiger charge is -2.40. The molecular formula is C24H25FN6O2. The average Bonchev–Trinajstić information content (AvgIpc) is 3.54. The van der Waals surface area contributed by atoms with Crippen molar-refractivity contribution in [3.8, 4) is 5.75 Å². The number of halogens is 1. The second-order valence-corrected chi connectivity index (χ2v) is 7.95. The van der Waals surface area contributed by atoms with E-state index in [0.29, 0.717) is 12.4 Å². The molecule has 0 bridgehead atoms. The zero-order valence-electron chi connectivity index (χ0n) is 18.3. The number of rotatable bonds is 7. The Morgan fingerprint density at radius 2 is 1.76 bits per heavy atom. The topological polar surface area (TPSA) is 72.5 Å². The molecule has 0 amide bonds. The van der Waals surface area contributed by atoms with Crippen molar-refractivity contribution in [1.82, 2.24) is 25.1 Å². The molecule has 33 heavy (non-hydrogen) atoms. The minimum Gasteiger partial charge on any atom is -0.497 e. The highest BCUT2D eigenvalue weighted by atomic mass is 19.1. The van der Waals surface area contributed by atoms with Crippen molar-refractivity contribution < 1.29 is 13.5 Å². The van der Waals surface area contributed by atoms with Gasteiger partial charge in [0.2, 0.25) is 0 Å². The average molecular weight is 449 g/mol. The quantitative estimate of drug-likeness (QED) is 0.429. The van der Waals surface area contributed by atoms with Crippen LogP contribution in [0.3, 0.4) is 0 Å². The van der Waals surface area contributed by atoms with Gasteiger partial charge in [-0.25, -0.2) is 9.07 Å². The van der Waals surface area contributed by atoms with Gasteiger partial charge in [0, 0.05) is 31.9 Å². The molecule has 5 rings (SSSR count). The number of piperazine rings is 1. The molecule has 8 nitrogen and oxygen atoms in total. The monoisotopic (exact) mass is 448 g/mol. The van der Waals surface area contributed by atoms with Crippen LogP contribution in [-0.4, -0.2) is 58.4 Å². The van der Waals surface area contributed by atoms with E-state index >= 15 is 0 Å². The molecule has 2 aromatic heterocycles. The molecule has 1 fully saturated rings. The molecular weight excluding hydrogens is 423 g/mol. The van der Waals surface area contributed by atoms with Crippen molar-refractivity contribution >= 4 is 5.69 Å². The number of aromatic nitrogens is 4. The lowest BCUT2D eigenvalue weighted by molar-refractivity contribution is 0.200. The Kier molecular flexibility index (Phi) is 6.03. The van der Waals surface area contributed by atoms with Crippen LogP contribution in [0.1, 0.15) is 23.2 Å². The third kappa shape index (κ3) is 4.58. The van der Waals surface area contributed by atoms with Crippen LogP contribution in [0.25, 0.3) is 0 Å². The van der Waals surface area contributed by atoms with E-state index in [2.05, 4.69) is 37.5 Å². The molecule has 1 saturated heterocycles. The lowest BCUT2D eigenvalue weighted by atomic mass is 10.0. The maximum atomic E-state index is 13.7. The van der Waals surface area contributed by atoms with Crippen LogP contribution in [0.5, 0.6) is 5.75 Å². The second kappa shape index (κ2) is 9.41. The molecule has 0 aliphatic carbocycles. The van der Waals surface area contributed by atoms with E-state index < -0.39 is 0 Å². The maximum absolute atomic E-state index is 13.7. The highest BCUT2D eigenvalue weighted by Crippen LogP contribution is 2.30. The Hall–Kier alpha value is -3.72. The Morgan fingerprint density at radius 3 is 2.42 bits per heavy atom. The number of anilines is 1. The van der Waals surface area contributed by atoms with Crippen molar-refractivity contribution in [3.63, 3.8) is 0 Å². The normalized spacial score (nSPS) is 15.5. The minimum absolute atomic E-state index is 0.200. The smallest absolute Gasteiger partial charge is 0.173 e. The summed E-state index contributed by atoms with van der Waals surface area (Å²) in [5, 5.41) is 12.5. The van der Waals surface area contributed by atoms with E-state index in [1.807, 2.05) is 36.4 Å². The van der Waals surface area contributed by atoms with E-state index in [1.54, 1.807) is 18.1 Å². The zero-order valence-corrected chi connectivity index (χ0v) is 18.3. The standard InChI is InChI=1S/C24H25FN6O2/c1-32-21-10-8-20(9-11-21)29-12-14-30(15-13-29)23(18-4-6-19(25)7-5-18)24-26-27-28-31(24)17-22-3-2-16-33-22/h2-11,16,23H,12-15,17H2,1H3. The van der Waals surface area contributed by atoms with Gasteiger partial charge in [0.15, 0.2) is 5.82 Å². The number of tetrazole rings is 1. The van der Waals surface area contributed by atoms with Crippen molar-refractivity contribution in [2.75, 3.05) is 38.2 Å². The summed E-state index contributed by atoms with van der Waals surface area (Å²) in [4.78, 5) is 4.70. The van der Waals surface area contributed by atoms with Crippen LogP contribution in [0, 0.1) is 5.82 Å². The van der Waals surface area contributed by atoms with Crippen LogP contribution in [-0.2, 0) is 6.54 Å². The third-order valence-corrected chi connectivity index (χ3v) is 5.99. The molecule has 9 heteroatoms. The van der Waals surface area contributed by atoms with Gasteiger partial charge in [-0.3, -0.25) is 4.90 Å². The maximum Gasteiger partial charge on any atom is 0.173 e. The number of hydrogen-bond donors (Lipinski definition) is 0. The largest absolute Gasteiger partial charge is 0.497 e. The molecule has 170 valence electrons. The molecule has 1 aliphatic heterocycles. The fourth-order valence-electron chi connectivity index (χ4n) is 4.27. The minimum atomic E-state index is -0.267. The summed E-state index contributed by atoms with van der Waals surface area (Å²) in [5.74, 6) is 2.05. The van der Waals surface area contributed by atoms with Gasteiger partial charge < -0.3 is 14.1 Å². The fraction of sp³-hybridized carbons (Fsp3) is 0.292.